The number of rotatable bonds is 5. The molecule has 0 aliphatic carbocycles. The molecule has 2 aromatic carbocycles. The lowest BCUT2D eigenvalue weighted by atomic mass is 9.90. The Morgan fingerprint density at radius 1 is 1.12 bits per heavy atom. The second-order valence-electron chi connectivity index (χ2n) is 5.75. The summed E-state index contributed by atoms with van der Waals surface area (Å²) >= 11 is 1.08. The van der Waals surface area contributed by atoms with E-state index < -0.39 is 24.1 Å². The zero-order chi connectivity index (χ0) is 18.1. The summed E-state index contributed by atoms with van der Waals surface area (Å²) in [6.07, 6.45) is -2.05. The van der Waals surface area contributed by atoms with Crippen molar-refractivity contribution in [3.05, 3.63) is 47.0 Å². The number of thioether (sulfide) groups is 1. The van der Waals surface area contributed by atoms with Gasteiger partial charge in [-0.05, 0) is 29.5 Å². The van der Waals surface area contributed by atoms with Crippen LogP contribution < -0.4 is 0 Å². The molecule has 2 N–H and O–H groups in total. The van der Waals surface area contributed by atoms with Gasteiger partial charge in [-0.2, -0.15) is 0 Å². The van der Waals surface area contributed by atoms with Crippen LogP contribution in [0, 0.1) is 0 Å². The van der Waals surface area contributed by atoms with Gasteiger partial charge in [-0.1, -0.05) is 30.0 Å². The molecule has 25 heavy (non-hydrogen) atoms. The third kappa shape index (κ3) is 3.30. The molecule has 1 aliphatic heterocycles. The molecule has 6 nitrogen and oxygen atoms in total. The number of esters is 2. The molecule has 0 amide bonds. The number of carbonyl (C=O) groups excluding carboxylic acids is 3. The van der Waals surface area contributed by atoms with Gasteiger partial charge in [0.15, 0.2) is 5.12 Å². The summed E-state index contributed by atoms with van der Waals surface area (Å²) < 4.78 is 4.70. The summed E-state index contributed by atoms with van der Waals surface area (Å²) in [6, 6.07) is 7.90. The van der Waals surface area contributed by atoms with E-state index in [0.29, 0.717) is 22.1 Å². The van der Waals surface area contributed by atoms with Crippen LogP contribution in [0.1, 0.15) is 45.7 Å². The normalized spacial score (nSPS) is 15.8. The van der Waals surface area contributed by atoms with Crippen LogP contribution in [-0.4, -0.2) is 39.1 Å². The fraction of sp³-hybridized carbons (Fsp3) is 0.278. The number of carbonyl (C=O) groups is 3. The Morgan fingerprint density at radius 2 is 1.80 bits per heavy atom. The lowest BCUT2D eigenvalue weighted by Crippen LogP contribution is -2.22. The minimum absolute atomic E-state index is 0.0553. The summed E-state index contributed by atoms with van der Waals surface area (Å²) in [7, 11) is 0. The van der Waals surface area contributed by atoms with Crippen molar-refractivity contribution in [2.75, 3.05) is 5.75 Å². The molecule has 7 heteroatoms. The van der Waals surface area contributed by atoms with Crippen molar-refractivity contribution in [1.82, 2.24) is 0 Å². The van der Waals surface area contributed by atoms with Crippen molar-refractivity contribution in [1.29, 1.82) is 0 Å². The van der Waals surface area contributed by atoms with Crippen LogP contribution >= 0.6 is 11.8 Å². The highest BCUT2D eigenvalue weighted by atomic mass is 32.2. The highest BCUT2D eigenvalue weighted by Crippen LogP contribution is 2.34. The van der Waals surface area contributed by atoms with E-state index in [0.717, 1.165) is 11.8 Å². The topological polar surface area (TPSA) is 101 Å². The Hall–Kier alpha value is -2.22. The zero-order valence-electron chi connectivity index (χ0n) is 13.4. The van der Waals surface area contributed by atoms with Crippen LogP contribution in [0.3, 0.4) is 0 Å². The van der Waals surface area contributed by atoms with Crippen molar-refractivity contribution < 1.29 is 29.3 Å². The Morgan fingerprint density at radius 3 is 2.48 bits per heavy atom. The number of aliphatic hydroxyl groups excluding tert-OH is 2. The minimum Gasteiger partial charge on any atom is -0.390 e. The van der Waals surface area contributed by atoms with Crippen LogP contribution in [0.2, 0.25) is 0 Å². The molecule has 0 radical (unpaired) electrons. The second-order valence-corrected chi connectivity index (χ2v) is 7.02. The molecule has 0 saturated carbocycles. The molecule has 130 valence electrons. The lowest BCUT2D eigenvalue weighted by molar-refractivity contribution is -0.109. The first kappa shape index (κ1) is 17.6. The van der Waals surface area contributed by atoms with Crippen LogP contribution in [-0.2, 0) is 9.53 Å². The van der Waals surface area contributed by atoms with Crippen molar-refractivity contribution in [2.24, 2.45) is 0 Å². The molecule has 0 spiro atoms. The van der Waals surface area contributed by atoms with E-state index in [2.05, 4.69) is 0 Å². The highest BCUT2D eigenvalue weighted by molar-refractivity contribution is 8.13. The molecule has 2 atom stereocenters. The minimum atomic E-state index is -1.20. The van der Waals surface area contributed by atoms with Crippen molar-refractivity contribution in [3.8, 4) is 0 Å². The van der Waals surface area contributed by atoms with Crippen LogP contribution in [0.5, 0.6) is 0 Å². The Bertz CT molecular complexity index is 855. The number of hydrogen-bond acceptors (Lipinski definition) is 7. The number of benzene rings is 2. The first-order valence-corrected chi connectivity index (χ1v) is 8.70. The smallest absolute Gasteiger partial charge is 0.346 e. The van der Waals surface area contributed by atoms with Gasteiger partial charge in [0.25, 0.3) is 0 Å². The van der Waals surface area contributed by atoms with E-state index in [1.807, 2.05) is 0 Å². The number of ether oxygens (including phenoxy) is 1. The Labute approximate surface area is 147 Å². The van der Waals surface area contributed by atoms with Crippen molar-refractivity contribution >= 4 is 39.6 Å². The van der Waals surface area contributed by atoms with Gasteiger partial charge in [-0.15, -0.1) is 0 Å². The zero-order valence-corrected chi connectivity index (χ0v) is 14.2. The van der Waals surface area contributed by atoms with E-state index in [1.54, 1.807) is 24.3 Å². The number of hydrogen-bond donors (Lipinski definition) is 2. The molecule has 0 aromatic heterocycles. The maximum atomic E-state index is 11.9. The standard InChI is InChI=1S/C18H16O6S/c1-9(19)25-8-7-14(20)16(21)11-5-6-13-15-10(11)3-2-4-12(15)17(22)24-18(13)23/h2-6,14,16,20-21H,7-8H2,1H3. The molecule has 1 heterocycles. The highest BCUT2D eigenvalue weighted by Gasteiger charge is 2.30. The van der Waals surface area contributed by atoms with E-state index in [4.69, 9.17) is 4.74 Å². The summed E-state index contributed by atoms with van der Waals surface area (Å²) in [5, 5.41) is 21.6. The average molecular weight is 360 g/mol. The SMILES string of the molecule is CC(=O)SCCC(O)C(O)c1ccc2c3c(cccc13)C(=O)OC2=O. The molecular weight excluding hydrogens is 344 g/mol. The van der Waals surface area contributed by atoms with Crippen LogP contribution in [0.15, 0.2) is 30.3 Å². The number of aliphatic hydroxyl groups is 2. The molecule has 1 aliphatic rings. The second kappa shape index (κ2) is 6.95. The van der Waals surface area contributed by atoms with Crippen LogP contribution in [0.25, 0.3) is 10.8 Å². The summed E-state index contributed by atoms with van der Waals surface area (Å²) in [5.41, 5.74) is 0.925. The van der Waals surface area contributed by atoms with E-state index in [-0.39, 0.29) is 22.7 Å². The first-order chi connectivity index (χ1) is 11.9. The molecular formula is C18H16O6S. The molecule has 0 bridgehead atoms. The molecule has 2 unspecified atom stereocenters. The van der Waals surface area contributed by atoms with E-state index in [9.17, 15) is 24.6 Å². The Kier molecular flexibility index (Phi) is 4.89. The van der Waals surface area contributed by atoms with Crippen LogP contribution in [0.4, 0.5) is 0 Å². The fourth-order valence-electron chi connectivity index (χ4n) is 2.91. The quantitative estimate of drug-likeness (QED) is 0.623. The van der Waals surface area contributed by atoms with E-state index >= 15 is 0 Å². The van der Waals surface area contributed by atoms with Gasteiger partial charge in [-0.3, -0.25) is 4.79 Å². The van der Waals surface area contributed by atoms with Gasteiger partial charge >= 0.3 is 11.9 Å². The molecule has 2 aromatic rings. The van der Waals surface area contributed by atoms with Gasteiger partial charge < -0.3 is 14.9 Å². The predicted octanol–water partition coefficient (Wildman–Crippen LogP) is 2.21. The monoisotopic (exact) mass is 360 g/mol. The van der Waals surface area contributed by atoms with Gasteiger partial charge in [0, 0.05) is 18.1 Å². The summed E-state index contributed by atoms with van der Waals surface area (Å²) in [4.78, 5) is 34.8. The Balaban J connectivity index is 1.99. The van der Waals surface area contributed by atoms with Gasteiger partial charge in [0.1, 0.15) is 6.10 Å². The van der Waals surface area contributed by atoms with Gasteiger partial charge in [0.05, 0.1) is 17.2 Å². The fourth-order valence-corrected chi connectivity index (χ4v) is 3.56. The third-order valence-electron chi connectivity index (χ3n) is 4.10. The van der Waals surface area contributed by atoms with Crippen molar-refractivity contribution in [2.45, 2.75) is 25.6 Å². The predicted molar refractivity (Wildman–Crippen MR) is 92.4 cm³/mol. The molecule has 0 saturated heterocycles. The molecule has 0 fully saturated rings. The third-order valence-corrected chi connectivity index (χ3v) is 4.95. The summed E-state index contributed by atoms with van der Waals surface area (Å²) in [6.45, 7) is 1.44. The largest absolute Gasteiger partial charge is 0.390 e. The van der Waals surface area contributed by atoms with Gasteiger partial charge in [0.2, 0.25) is 0 Å². The maximum absolute atomic E-state index is 11.9. The summed E-state index contributed by atoms with van der Waals surface area (Å²) in [5.74, 6) is -1.07. The van der Waals surface area contributed by atoms with Gasteiger partial charge in [-0.25, -0.2) is 9.59 Å². The maximum Gasteiger partial charge on any atom is 0.346 e. The number of cyclic esters (lactones) is 2. The molecule has 3 rings (SSSR count). The van der Waals surface area contributed by atoms with Crippen molar-refractivity contribution in [3.63, 3.8) is 0 Å². The lowest BCUT2D eigenvalue weighted by Gasteiger charge is -2.22. The first-order valence-electron chi connectivity index (χ1n) is 7.71. The van der Waals surface area contributed by atoms with E-state index in [1.165, 1.54) is 13.0 Å². The average Bonchev–Trinajstić information content (AvgIpc) is 2.58.